The SMILES string of the molecule is Cc1cc(NC(=S)NCc2ccccc2)nn1Cc1ccc(Cl)cc1. The van der Waals surface area contributed by atoms with E-state index in [1.807, 2.05) is 60.1 Å². The van der Waals surface area contributed by atoms with Crippen LogP contribution in [0.15, 0.2) is 60.7 Å². The molecule has 0 aliphatic heterocycles. The predicted octanol–water partition coefficient (Wildman–Crippen LogP) is 4.38. The zero-order valence-corrected chi connectivity index (χ0v) is 15.4. The fourth-order valence-electron chi connectivity index (χ4n) is 2.43. The largest absolute Gasteiger partial charge is 0.358 e. The van der Waals surface area contributed by atoms with Gasteiger partial charge >= 0.3 is 0 Å². The van der Waals surface area contributed by atoms with E-state index in [-0.39, 0.29) is 0 Å². The lowest BCUT2D eigenvalue weighted by Gasteiger charge is -2.08. The lowest BCUT2D eigenvalue weighted by atomic mass is 10.2. The van der Waals surface area contributed by atoms with Gasteiger partial charge in [-0.15, -0.1) is 0 Å². The molecule has 0 saturated carbocycles. The van der Waals surface area contributed by atoms with Gasteiger partial charge in [-0.2, -0.15) is 5.10 Å². The number of rotatable bonds is 5. The lowest BCUT2D eigenvalue weighted by Crippen LogP contribution is -2.28. The summed E-state index contributed by atoms with van der Waals surface area (Å²) in [4.78, 5) is 0. The first kappa shape index (κ1) is 17.5. The summed E-state index contributed by atoms with van der Waals surface area (Å²) in [6, 6.07) is 19.9. The summed E-state index contributed by atoms with van der Waals surface area (Å²) in [5.74, 6) is 0.733. The number of aromatic nitrogens is 2. The van der Waals surface area contributed by atoms with Crippen LogP contribution in [0.25, 0.3) is 0 Å². The Morgan fingerprint density at radius 2 is 1.80 bits per heavy atom. The molecule has 4 nitrogen and oxygen atoms in total. The third kappa shape index (κ3) is 5.05. The predicted molar refractivity (Wildman–Crippen MR) is 107 cm³/mol. The lowest BCUT2D eigenvalue weighted by molar-refractivity contribution is 0.668. The fraction of sp³-hybridized carbons (Fsp3) is 0.158. The Bertz CT molecular complexity index is 844. The third-order valence-corrected chi connectivity index (χ3v) is 4.26. The standard InChI is InChI=1S/C19H19ClN4S/c1-14-11-18(22-19(25)21-12-15-5-3-2-4-6-15)23-24(14)13-16-7-9-17(20)10-8-16/h2-11H,12-13H2,1H3,(H2,21,22,23,25). The zero-order valence-electron chi connectivity index (χ0n) is 13.9. The van der Waals surface area contributed by atoms with Crippen LogP contribution in [0.2, 0.25) is 5.02 Å². The monoisotopic (exact) mass is 370 g/mol. The molecule has 0 aliphatic rings. The molecule has 0 amide bonds. The highest BCUT2D eigenvalue weighted by molar-refractivity contribution is 7.80. The minimum Gasteiger partial charge on any atom is -0.358 e. The maximum Gasteiger partial charge on any atom is 0.172 e. The first-order valence-electron chi connectivity index (χ1n) is 7.98. The van der Waals surface area contributed by atoms with Crippen molar-refractivity contribution in [1.82, 2.24) is 15.1 Å². The van der Waals surface area contributed by atoms with Gasteiger partial charge in [-0.05, 0) is 42.4 Å². The summed E-state index contributed by atoms with van der Waals surface area (Å²) in [6.45, 7) is 3.39. The van der Waals surface area contributed by atoms with Crippen LogP contribution in [-0.4, -0.2) is 14.9 Å². The van der Waals surface area contributed by atoms with Crippen LogP contribution >= 0.6 is 23.8 Å². The quantitative estimate of drug-likeness (QED) is 0.654. The van der Waals surface area contributed by atoms with Crippen molar-refractivity contribution in [3.05, 3.63) is 82.5 Å². The van der Waals surface area contributed by atoms with E-state index in [1.165, 1.54) is 5.56 Å². The van der Waals surface area contributed by atoms with Gasteiger partial charge in [-0.3, -0.25) is 4.68 Å². The van der Waals surface area contributed by atoms with Crippen LogP contribution in [-0.2, 0) is 13.1 Å². The smallest absolute Gasteiger partial charge is 0.172 e. The molecule has 25 heavy (non-hydrogen) atoms. The molecular weight excluding hydrogens is 352 g/mol. The van der Waals surface area contributed by atoms with E-state index >= 15 is 0 Å². The summed E-state index contributed by atoms with van der Waals surface area (Å²) in [5.41, 5.74) is 3.38. The first-order chi connectivity index (χ1) is 12.1. The van der Waals surface area contributed by atoms with Crippen LogP contribution in [0.4, 0.5) is 5.82 Å². The fourth-order valence-corrected chi connectivity index (χ4v) is 2.74. The molecule has 128 valence electrons. The molecule has 0 saturated heterocycles. The number of nitrogens with zero attached hydrogens (tertiary/aromatic N) is 2. The number of hydrogen-bond donors (Lipinski definition) is 2. The molecule has 0 spiro atoms. The van der Waals surface area contributed by atoms with Gasteiger partial charge in [0.15, 0.2) is 10.9 Å². The molecular formula is C19H19ClN4S. The van der Waals surface area contributed by atoms with Crippen molar-refractivity contribution < 1.29 is 0 Å². The number of thiocarbonyl (C=S) groups is 1. The van der Waals surface area contributed by atoms with Gasteiger partial charge in [-0.25, -0.2) is 0 Å². The van der Waals surface area contributed by atoms with Crippen molar-refractivity contribution in [1.29, 1.82) is 0 Å². The summed E-state index contributed by atoms with van der Waals surface area (Å²) in [5, 5.41) is 12.2. The molecule has 2 N–H and O–H groups in total. The second-order valence-electron chi connectivity index (χ2n) is 5.75. The summed E-state index contributed by atoms with van der Waals surface area (Å²) in [7, 11) is 0. The number of nitrogens with one attached hydrogen (secondary N) is 2. The Morgan fingerprint density at radius 1 is 1.08 bits per heavy atom. The zero-order chi connectivity index (χ0) is 17.6. The molecule has 1 heterocycles. The Labute approximate surface area is 157 Å². The summed E-state index contributed by atoms with van der Waals surface area (Å²) >= 11 is 11.3. The van der Waals surface area contributed by atoms with Crippen molar-refractivity contribution in [2.45, 2.75) is 20.0 Å². The van der Waals surface area contributed by atoms with Crippen LogP contribution in [0, 0.1) is 6.92 Å². The molecule has 3 aromatic rings. The maximum atomic E-state index is 5.93. The molecule has 6 heteroatoms. The molecule has 0 atom stereocenters. The molecule has 0 bridgehead atoms. The highest BCUT2D eigenvalue weighted by atomic mass is 35.5. The van der Waals surface area contributed by atoms with E-state index in [1.54, 1.807) is 0 Å². The summed E-state index contributed by atoms with van der Waals surface area (Å²) < 4.78 is 1.94. The number of anilines is 1. The molecule has 3 rings (SSSR count). The van der Waals surface area contributed by atoms with Gasteiger partial charge in [0.2, 0.25) is 0 Å². The second kappa shape index (κ2) is 8.14. The highest BCUT2D eigenvalue weighted by Gasteiger charge is 2.06. The Balaban J connectivity index is 1.58. The molecule has 1 aromatic heterocycles. The van der Waals surface area contributed by atoms with Crippen LogP contribution < -0.4 is 10.6 Å². The van der Waals surface area contributed by atoms with Crippen LogP contribution in [0.3, 0.4) is 0 Å². The minimum absolute atomic E-state index is 0.556. The van der Waals surface area contributed by atoms with Crippen molar-refractivity contribution in [2.24, 2.45) is 0 Å². The van der Waals surface area contributed by atoms with Gasteiger partial charge in [-0.1, -0.05) is 54.1 Å². The van der Waals surface area contributed by atoms with Crippen LogP contribution in [0.5, 0.6) is 0 Å². The Hall–Kier alpha value is -2.37. The number of benzene rings is 2. The van der Waals surface area contributed by atoms with E-state index in [0.717, 1.165) is 22.1 Å². The number of hydrogen-bond acceptors (Lipinski definition) is 2. The van der Waals surface area contributed by atoms with Gasteiger partial charge in [0.25, 0.3) is 0 Å². The molecule has 0 aliphatic carbocycles. The summed E-state index contributed by atoms with van der Waals surface area (Å²) in [6.07, 6.45) is 0. The van der Waals surface area contributed by atoms with Gasteiger partial charge < -0.3 is 10.6 Å². The van der Waals surface area contributed by atoms with E-state index in [2.05, 4.69) is 27.9 Å². The van der Waals surface area contributed by atoms with E-state index in [9.17, 15) is 0 Å². The number of aryl methyl sites for hydroxylation is 1. The Kier molecular flexibility index (Phi) is 5.68. The minimum atomic E-state index is 0.556. The van der Waals surface area contributed by atoms with Crippen molar-refractivity contribution in [2.75, 3.05) is 5.32 Å². The molecule has 0 fully saturated rings. The van der Waals surface area contributed by atoms with Crippen molar-refractivity contribution in [3.8, 4) is 0 Å². The average molecular weight is 371 g/mol. The molecule has 0 unspecified atom stereocenters. The van der Waals surface area contributed by atoms with E-state index in [0.29, 0.717) is 18.2 Å². The average Bonchev–Trinajstić information content (AvgIpc) is 2.95. The molecule has 2 aromatic carbocycles. The highest BCUT2D eigenvalue weighted by Crippen LogP contribution is 2.14. The van der Waals surface area contributed by atoms with Crippen LogP contribution in [0.1, 0.15) is 16.8 Å². The van der Waals surface area contributed by atoms with E-state index < -0.39 is 0 Å². The Morgan fingerprint density at radius 3 is 2.52 bits per heavy atom. The topological polar surface area (TPSA) is 41.9 Å². The van der Waals surface area contributed by atoms with Crippen molar-refractivity contribution in [3.63, 3.8) is 0 Å². The van der Waals surface area contributed by atoms with Gasteiger partial charge in [0.1, 0.15) is 0 Å². The van der Waals surface area contributed by atoms with Gasteiger partial charge in [0, 0.05) is 23.3 Å². The normalized spacial score (nSPS) is 10.5. The molecule has 0 radical (unpaired) electrons. The maximum absolute atomic E-state index is 5.93. The second-order valence-corrected chi connectivity index (χ2v) is 6.59. The third-order valence-electron chi connectivity index (χ3n) is 3.76. The number of halogens is 1. The first-order valence-corrected chi connectivity index (χ1v) is 8.76. The van der Waals surface area contributed by atoms with Gasteiger partial charge in [0.05, 0.1) is 6.54 Å². The van der Waals surface area contributed by atoms with E-state index in [4.69, 9.17) is 23.8 Å². The van der Waals surface area contributed by atoms with Crippen molar-refractivity contribution >= 4 is 34.7 Å².